The van der Waals surface area contributed by atoms with Crippen molar-refractivity contribution in [1.82, 2.24) is 0 Å². The van der Waals surface area contributed by atoms with Gasteiger partial charge in [0.25, 0.3) is 0 Å². The van der Waals surface area contributed by atoms with Gasteiger partial charge in [0.05, 0.1) is 0 Å². The standard InChI is InChI=1S/C13H10ClF2NO/c14-10-6-9(17)5-4-8(10)7-18-12-3-1-2-11(15)13(12)16/h1-6H,7,17H2. The Morgan fingerprint density at radius 3 is 2.67 bits per heavy atom. The first-order chi connectivity index (χ1) is 8.58. The quantitative estimate of drug-likeness (QED) is 0.861. The lowest BCUT2D eigenvalue weighted by Gasteiger charge is -2.09. The summed E-state index contributed by atoms with van der Waals surface area (Å²) in [6.07, 6.45) is 0. The molecule has 5 heteroatoms. The van der Waals surface area contributed by atoms with Crippen molar-refractivity contribution in [2.75, 3.05) is 5.73 Å². The van der Waals surface area contributed by atoms with Crippen LogP contribution in [0.4, 0.5) is 14.5 Å². The maximum absolute atomic E-state index is 13.3. The summed E-state index contributed by atoms with van der Waals surface area (Å²) in [5.74, 6) is -2.11. The topological polar surface area (TPSA) is 35.2 Å². The van der Waals surface area contributed by atoms with E-state index in [-0.39, 0.29) is 12.4 Å². The molecule has 0 saturated carbocycles. The smallest absolute Gasteiger partial charge is 0.200 e. The van der Waals surface area contributed by atoms with Crippen LogP contribution in [0.25, 0.3) is 0 Å². The average molecular weight is 270 g/mol. The number of rotatable bonds is 3. The molecule has 0 aliphatic carbocycles. The summed E-state index contributed by atoms with van der Waals surface area (Å²) < 4.78 is 31.4. The van der Waals surface area contributed by atoms with E-state index in [1.54, 1.807) is 18.2 Å². The number of halogens is 3. The van der Waals surface area contributed by atoms with Crippen molar-refractivity contribution in [3.8, 4) is 5.75 Å². The second-order valence-electron chi connectivity index (χ2n) is 3.69. The van der Waals surface area contributed by atoms with Gasteiger partial charge in [-0.1, -0.05) is 23.7 Å². The third-order valence-corrected chi connectivity index (χ3v) is 2.73. The molecule has 0 aromatic heterocycles. The summed E-state index contributed by atoms with van der Waals surface area (Å²) in [7, 11) is 0. The van der Waals surface area contributed by atoms with Gasteiger partial charge in [-0.3, -0.25) is 0 Å². The van der Waals surface area contributed by atoms with E-state index in [0.29, 0.717) is 16.3 Å². The molecular formula is C13H10ClF2NO. The molecule has 0 aliphatic heterocycles. The number of anilines is 1. The SMILES string of the molecule is Nc1ccc(COc2cccc(F)c2F)c(Cl)c1. The van der Waals surface area contributed by atoms with E-state index in [4.69, 9.17) is 22.1 Å². The van der Waals surface area contributed by atoms with Gasteiger partial charge < -0.3 is 10.5 Å². The zero-order valence-corrected chi connectivity index (χ0v) is 10.0. The molecule has 0 unspecified atom stereocenters. The first kappa shape index (κ1) is 12.6. The highest BCUT2D eigenvalue weighted by Crippen LogP contribution is 2.23. The number of hydrogen-bond acceptors (Lipinski definition) is 2. The van der Waals surface area contributed by atoms with E-state index in [1.165, 1.54) is 12.1 Å². The minimum atomic E-state index is -1.01. The predicted octanol–water partition coefficient (Wildman–Crippen LogP) is 3.78. The van der Waals surface area contributed by atoms with Crippen molar-refractivity contribution in [2.24, 2.45) is 0 Å². The zero-order chi connectivity index (χ0) is 13.1. The average Bonchev–Trinajstić information content (AvgIpc) is 2.33. The fourth-order valence-corrected chi connectivity index (χ4v) is 1.68. The number of benzene rings is 2. The Kier molecular flexibility index (Phi) is 3.67. The Morgan fingerprint density at radius 1 is 1.17 bits per heavy atom. The molecule has 2 aromatic carbocycles. The number of nitrogens with two attached hydrogens (primary N) is 1. The van der Waals surface area contributed by atoms with Gasteiger partial charge in [0.15, 0.2) is 11.6 Å². The van der Waals surface area contributed by atoms with Gasteiger partial charge >= 0.3 is 0 Å². The minimum absolute atomic E-state index is 0.0412. The van der Waals surface area contributed by atoms with Crippen molar-refractivity contribution < 1.29 is 13.5 Å². The summed E-state index contributed by atoms with van der Waals surface area (Å²) in [6, 6.07) is 8.66. The van der Waals surface area contributed by atoms with Crippen LogP contribution < -0.4 is 10.5 Å². The highest BCUT2D eigenvalue weighted by atomic mass is 35.5. The molecule has 0 bridgehead atoms. The van der Waals surface area contributed by atoms with E-state index >= 15 is 0 Å². The summed E-state index contributed by atoms with van der Waals surface area (Å²) in [5, 5.41) is 0.423. The Labute approximate surface area is 108 Å². The van der Waals surface area contributed by atoms with Gasteiger partial charge in [-0.25, -0.2) is 4.39 Å². The van der Waals surface area contributed by atoms with E-state index < -0.39 is 11.6 Å². The second-order valence-corrected chi connectivity index (χ2v) is 4.10. The number of nitrogen functional groups attached to an aromatic ring is 1. The van der Waals surface area contributed by atoms with Crippen molar-refractivity contribution in [1.29, 1.82) is 0 Å². The van der Waals surface area contributed by atoms with Crippen LogP contribution in [0.5, 0.6) is 5.75 Å². The molecule has 94 valence electrons. The van der Waals surface area contributed by atoms with Crippen LogP contribution in [-0.2, 0) is 6.61 Å². The molecule has 18 heavy (non-hydrogen) atoms. The van der Waals surface area contributed by atoms with Crippen molar-refractivity contribution in [2.45, 2.75) is 6.61 Å². The van der Waals surface area contributed by atoms with Gasteiger partial charge in [0.2, 0.25) is 5.82 Å². The van der Waals surface area contributed by atoms with Crippen LogP contribution >= 0.6 is 11.6 Å². The maximum Gasteiger partial charge on any atom is 0.200 e. The Bertz CT molecular complexity index is 575. The third kappa shape index (κ3) is 2.71. The predicted molar refractivity (Wildman–Crippen MR) is 66.6 cm³/mol. The molecule has 0 spiro atoms. The van der Waals surface area contributed by atoms with Crippen molar-refractivity contribution >= 4 is 17.3 Å². The van der Waals surface area contributed by atoms with Crippen LogP contribution in [0.15, 0.2) is 36.4 Å². The Morgan fingerprint density at radius 2 is 1.94 bits per heavy atom. The molecule has 0 amide bonds. The molecule has 2 aromatic rings. The lowest BCUT2D eigenvalue weighted by molar-refractivity contribution is 0.284. The molecule has 2 N–H and O–H groups in total. The van der Waals surface area contributed by atoms with E-state index in [2.05, 4.69) is 0 Å². The first-order valence-electron chi connectivity index (χ1n) is 5.18. The van der Waals surface area contributed by atoms with E-state index in [9.17, 15) is 8.78 Å². The molecule has 0 saturated heterocycles. The van der Waals surface area contributed by atoms with Crippen LogP contribution in [0.3, 0.4) is 0 Å². The Hall–Kier alpha value is -1.81. The summed E-state index contributed by atoms with van der Waals surface area (Å²) in [5.41, 5.74) is 6.72. The fourth-order valence-electron chi connectivity index (χ4n) is 1.43. The lowest BCUT2D eigenvalue weighted by atomic mass is 10.2. The molecule has 0 fully saturated rings. The van der Waals surface area contributed by atoms with Crippen LogP contribution in [0.2, 0.25) is 5.02 Å². The summed E-state index contributed by atoms with van der Waals surface area (Å²) in [6.45, 7) is 0.0412. The zero-order valence-electron chi connectivity index (χ0n) is 9.29. The maximum atomic E-state index is 13.3. The normalized spacial score (nSPS) is 10.4. The van der Waals surface area contributed by atoms with E-state index in [1.807, 2.05) is 0 Å². The second kappa shape index (κ2) is 5.23. The largest absolute Gasteiger partial charge is 0.486 e. The third-order valence-electron chi connectivity index (χ3n) is 2.38. The lowest BCUT2D eigenvalue weighted by Crippen LogP contribution is -2.00. The highest BCUT2D eigenvalue weighted by molar-refractivity contribution is 6.31. The molecule has 0 atom stereocenters. The minimum Gasteiger partial charge on any atom is -0.486 e. The summed E-state index contributed by atoms with van der Waals surface area (Å²) >= 11 is 5.94. The van der Waals surface area contributed by atoms with Crippen molar-refractivity contribution in [3.05, 3.63) is 58.6 Å². The van der Waals surface area contributed by atoms with Crippen LogP contribution in [-0.4, -0.2) is 0 Å². The van der Waals surface area contributed by atoms with Crippen LogP contribution in [0, 0.1) is 11.6 Å². The van der Waals surface area contributed by atoms with Crippen LogP contribution in [0.1, 0.15) is 5.56 Å². The molecular weight excluding hydrogens is 260 g/mol. The van der Waals surface area contributed by atoms with Gasteiger partial charge in [-0.15, -0.1) is 0 Å². The molecule has 2 rings (SSSR count). The van der Waals surface area contributed by atoms with Gasteiger partial charge in [0.1, 0.15) is 6.61 Å². The van der Waals surface area contributed by atoms with Gasteiger partial charge in [-0.05, 0) is 24.3 Å². The fraction of sp³-hybridized carbons (Fsp3) is 0.0769. The van der Waals surface area contributed by atoms with Crippen molar-refractivity contribution in [3.63, 3.8) is 0 Å². The number of hydrogen-bond donors (Lipinski definition) is 1. The first-order valence-corrected chi connectivity index (χ1v) is 5.56. The summed E-state index contributed by atoms with van der Waals surface area (Å²) in [4.78, 5) is 0. The molecule has 0 heterocycles. The molecule has 2 nitrogen and oxygen atoms in total. The highest BCUT2D eigenvalue weighted by Gasteiger charge is 2.09. The van der Waals surface area contributed by atoms with Gasteiger partial charge in [0, 0.05) is 16.3 Å². The van der Waals surface area contributed by atoms with Gasteiger partial charge in [-0.2, -0.15) is 4.39 Å². The number of ether oxygens (including phenoxy) is 1. The molecule has 0 radical (unpaired) electrons. The Balaban J connectivity index is 2.14. The molecule has 0 aliphatic rings. The monoisotopic (exact) mass is 269 g/mol. The van der Waals surface area contributed by atoms with E-state index in [0.717, 1.165) is 6.07 Å².